The predicted octanol–water partition coefficient (Wildman–Crippen LogP) is 3.97. The first kappa shape index (κ1) is 16.9. The van der Waals surface area contributed by atoms with E-state index in [9.17, 15) is 4.79 Å². The maximum Gasteiger partial charge on any atom is 0.322 e. The zero-order valence-corrected chi connectivity index (χ0v) is 15.4. The Morgan fingerprint density at radius 2 is 1.77 bits per heavy atom. The summed E-state index contributed by atoms with van der Waals surface area (Å²) in [4.78, 5) is 21.7. The maximum atomic E-state index is 12.8. The topological polar surface area (TPSA) is 48.5 Å². The van der Waals surface area contributed by atoms with Crippen LogP contribution in [0, 0.1) is 6.92 Å². The summed E-state index contributed by atoms with van der Waals surface area (Å²) < 4.78 is 0. The number of nitrogens with one attached hydrogen (secondary N) is 1. The van der Waals surface area contributed by atoms with E-state index in [4.69, 9.17) is 4.98 Å². The molecule has 0 unspecified atom stereocenters. The molecule has 1 aromatic carbocycles. The van der Waals surface area contributed by atoms with Crippen LogP contribution in [0.4, 0.5) is 16.3 Å². The molecule has 0 spiro atoms. The largest absolute Gasteiger partial charge is 0.357 e. The van der Waals surface area contributed by atoms with Crippen molar-refractivity contribution in [2.45, 2.75) is 39.2 Å². The van der Waals surface area contributed by atoms with Crippen LogP contribution in [0.1, 0.15) is 36.1 Å². The lowest BCUT2D eigenvalue weighted by atomic mass is 10.0. The Bertz CT molecular complexity index is 798. The van der Waals surface area contributed by atoms with Gasteiger partial charge in [-0.15, -0.1) is 0 Å². The number of amides is 2. The third-order valence-electron chi connectivity index (χ3n) is 5.38. The van der Waals surface area contributed by atoms with Crippen LogP contribution < -0.4 is 10.2 Å². The van der Waals surface area contributed by atoms with Gasteiger partial charge in [-0.1, -0.05) is 24.3 Å². The lowest BCUT2D eigenvalue weighted by Gasteiger charge is -2.23. The highest BCUT2D eigenvalue weighted by Crippen LogP contribution is 2.23. The average Bonchev–Trinajstić information content (AvgIpc) is 3.09. The van der Waals surface area contributed by atoms with Crippen LogP contribution in [0.3, 0.4) is 0 Å². The molecule has 1 saturated heterocycles. The molecule has 1 N–H and O–H groups in total. The minimum absolute atomic E-state index is 0.0412. The number of benzene rings is 1. The molecule has 0 radical (unpaired) electrons. The Balaban J connectivity index is 1.46. The monoisotopic (exact) mass is 350 g/mol. The first-order valence-electron chi connectivity index (χ1n) is 9.56. The third-order valence-corrected chi connectivity index (χ3v) is 5.38. The number of hydrogen-bond acceptors (Lipinski definition) is 3. The molecule has 26 heavy (non-hydrogen) atoms. The fraction of sp³-hybridized carbons (Fsp3) is 0.429. The summed E-state index contributed by atoms with van der Waals surface area (Å²) in [5, 5.41) is 3.06. The van der Waals surface area contributed by atoms with Gasteiger partial charge < -0.3 is 15.1 Å². The van der Waals surface area contributed by atoms with Gasteiger partial charge in [0.1, 0.15) is 5.82 Å². The van der Waals surface area contributed by atoms with Gasteiger partial charge in [-0.3, -0.25) is 0 Å². The Morgan fingerprint density at radius 1 is 1.00 bits per heavy atom. The van der Waals surface area contributed by atoms with Crippen LogP contribution in [0.5, 0.6) is 0 Å². The minimum atomic E-state index is -0.0412. The molecule has 5 nitrogen and oxygen atoms in total. The SMILES string of the molecule is Cc1nc(N2CCCC2)ccc1NC(=O)N1CCCc2ccccc2C1. The quantitative estimate of drug-likeness (QED) is 0.891. The van der Waals surface area contributed by atoms with Crippen LogP contribution >= 0.6 is 0 Å². The van der Waals surface area contributed by atoms with Crippen LogP contribution in [0.2, 0.25) is 0 Å². The van der Waals surface area contributed by atoms with Crippen LogP contribution in [-0.2, 0) is 13.0 Å². The number of carbonyl (C=O) groups is 1. The second-order valence-electron chi connectivity index (χ2n) is 7.22. The molecule has 1 aromatic heterocycles. The van der Waals surface area contributed by atoms with E-state index in [0.29, 0.717) is 6.54 Å². The van der Waals surface area contributed by atoms with Crippen molar-refractivity contribution in [3.63, 3.8) is 0 Å². The molecule has 2 aliphatic rings. The summed E-state index contributed by atoms with van der Waals surface area (Å²) in [5.41, 5.74) is 4.28. The molecule has 0 bridgehead atoms. The van der Waals surface area contributed by atoms with Crippen molar-refractivity contribution in [1.82, 2.24) is 9.88 Å². The molecule has 0 aliphatic carbocycles. The summed E-state index contributed by atoms with van der Waals surface area (Å²) in [5.74, 6) is 1.02. The number of pyridine rings is 1. The summed E-state index contributed by atoms with van der Waals surface area (Å²) in [6.07, 6.45) is 4.49. The van der Waals surface area contributed by atoms with Gasteiger partial charge in [0, 0.05) is 26.2 Å². The summed E-state index contributed by atoms with van der Waals surface area (Å²) in [6.45, 7) is 5.56. The minimum Gasteiger partial charge on any atom is -0.357 e. The van der Waals surface area contributed by atoms with Gasteiger partial charge in [-0.05, 0) is 55.9 Å². The van der Waals surface area contributed by atoms with Crippen molar-refractivity contribution in [2.24, 2.45) is 0 Å². The lowest BCUT2D eigenvalue weighted by molar-refractivity contribution is 0.210. The zero-order valence-electron chi connectivity index (χ0n) is 15.4. The first-order valence-corrected chi connectivity index (χ1v) is 9.56. The number of urea groups is 1. The van der Waals surface area contributed by atoms with Crippen LogP contribution in [-0.4, -0.2) is 35.5 Å². The fourth-order valence-corrected chi connectivity index (χ4v) is 3.87. The van der Waals surface area contributed by atoms with Gasteiger partial charge in [0.05, 0.1) is 11.4 Å². The molecular weight excluding hydrogens is 324 g/mol. The smallest absolute Gasteiger partial charge is 0.322 e. The van der Waals surface area contributed by atoms with Gasteiger partial charge in [-0.25, -0.2) is 9.78 Å². The number of fused-ring (bicyclic) bond motifs is 1. The molecule has 5 heteroatoms. The summed E-state index contributed by atoms with van der Waals surface area (Å²) in [7, 11) is 0. The Morgan fingerprint density at radius 3 is 2.54 bits per heavy atom. The number of carbonyl (C=O) groups excluding carboxylic acids is 1. The van der Waals surface area contributed by atoms with Crippen LogP contribution in [0.25, 0.3) is 0 Å². The van der Waals surface area contributed by atoms with Gasteiger partial charge in [0.2, 0.25) is 0 Å². The average molecular weight is 350 g/mol. The van der Waals surface area contributed by atoms with Crippen LogP contribution in [0.15, 0.2) is 36.4 Å². The molecule has 3 heterocycles. The lowest BCUT2D eigenvalue weighted by Crippen LogP contribution is -2.34. The Kier molecular flexibility index (Phi) is 4.78. The zero-order chi connectivity index (χ0) is 17.9. The van der Waals surface area contributed by atoms with Gasteiger partial charge in [-0.2, -0.15) is 0 Å². The number of nitrogens with zero attached hydrogens (tertiary/aromatic N) is 3. The normalized spacial score (nSPS) is 17.0. The van der Waals surface area contributed by atoms with Gasteiger partial charge in [0.25, 0.3) is 0 Å². The molecule has 2 aliphatic heterocycles. The molecule has 0 saturated carbocycles. The van der Waals surface area contributed by atoms with E-state index in [2.05, 4.69) is 28.4 Å². The molecule has 136 valence electrons. The van der Waals surface area contributed by atoms with E-state index < -0.39 is 0 Å². The van der Waals surface area contributed by atoms with E-state index >= 15 is 0 Å². The van der Waals surface area contributed by atoms with Gasteiger partial charge in [0.15, 0.2) is 0 Å². The maximum absolute atomic E-state index is 12.8. The second kappa shape index (κ2) is 7.36. The van der Waals surface area contributed by atoms with E-state index in [1.807, 2.05) is 30.0 Å². The molecule has 1 fully saturated rings. The number of aryl methyl sites for hydroxylation is 2. The Labute approximate surface area is 155 Å². The van der Waals surface area contributed by atoms with Crippen molar-refractivity contribution in [1.29, 1.82) is 0 Å². The highest BCUT2D eigenvalue weighted by Gasteiger charge is 2.20. The summed E-state index contributed by atoms with van der Waals surface area (Å²) >= 11 is 0. The first-order chi connectivity index (χ1) is 12.7. The molecular formula is C21H26N4O. The van der Waals surface area contributed by atoms with E-state index in [1.54, 1.807) is 0 Å². The fourth-order valence-electron chi connectivity index (χ4n) is 3.87. The third kappa shape index (κ3) is 3.52. The number of rotatable bonds is 2. The number of hydrogen-bond donors (Lipinski definition) is 1. The van der Waals surface area contributed by atoms with E-state index in [1.165, 1.54) is 24.0 Å². The second-order valence-corrected chi connectivity index (χ2v) is 7.22. The number of aromatic nitrogens is 1. The Hall–Kier alpha value is -2.56. The molecule has 2 amide bonds. The van der Waals surface area contributed by atoms with Gasteiger partial charge >= 0.3 is 6.03 Å². The highest BCUT2D eigenvalue weighted by molar-refractivity contribution is 5.90. The number of anilines is 2. The van der Waals surface area contributed by atoms with Crippen molar-refractivity contribution in [3.05, 3.63) is 53.2 Å². The molecule has 2 aromatic rings. The molecule has 4 rings (SSSR count). The standard InChI is InChI=1S/C21H26N4O/c1-16-19(10-11-20(22-16)24-12-4-5-13-24)23-21(26)25-14-6-9-17-7-2-3-8-18(17)15-25/h2-3,7-8,10-11H,4-6,9,12-15H2,1H3,(H,23,26). The molecule has 0 atom stereocenters. The van der Waals surface area contributed by atoms with Crippen molar-refractivity contribution >= 4 is 17.5 Å². The predicted molar refractivity (Wildman–Crippen MR) is 105 cm³/mol. The van der Waals surface area contributed by atoms with E-state index in [-0.39, 0.29) is 6.03 Å². The summed E-state index contributed by atoms with van der Waals surface area (Å²) in [6, 6.07) is 12.4. The van der Waals surface area contributed by atoms with Crippen molar-refractivity contribution in [2.75, 3.05) is 29.9 Å². The highest BCUT2D eigenvalue weighted by atomic mass is 16.2. The van der Waals surface area contributed by atoms with Crippen molar-refractivity contribution in [3.8, 4) is 0 Å². The van der Waals surface area contributed by atoms with Crippen molar-refractivity contribution < 1.29 is 4.79 Å². The van der Waals surface area contributed by atoms with E-state index in [0.717, 1.165) is 49.7 Å².